The smallest absolute Gasteiger partial charge is 0.164 e. The van der Waals surface area contributed by atoms with E-state index in [9.17, 15) is 0 Å². The van der Waals surface area contributed by atoms with Crippen LogP contribution in [0.3, 0.4) is 0 Å². The van der Waals surface area contributed by atoms with Crippen LogP contribution in [0, 0.1) is 0 Å². The third-order valence-corrected chi connectivity index (χ3v) is 17.7. The van der Waals surface area contributed by atoms with Gasteiger partial charge in [0.05, 0.1) is 16.7 Å². The van der Waals surface area contributed by atoms with Gasteiger partial charge in [-0.25, -0.2) is 15.0 Å². The molecule has 0 saturated carbocycles. The maximum atomic E-state index is 7.00. The minimum Gasteiger partial charge on any atom is -0.456 e. The van der Waals surface area contributed by atoms with Crippen LogP contribution in [0.1, 0.15) is 0 Å². The third kappa shape index (κ3) is 7.92. The lowest BCUT2D eigenvalue weighted by Crippen LogP contribution is -2.10. The molecule has 0 atom stereocenters. The lowest BCUT2D eigenvalue weighted by Gasteiger charge is -2.27. The molecule has 18 aromatic rings. The Morgan fingerprint density at radius 3 is 1.44 bits per heavy atom. The van der Waals surface area contributed by atoms with Gasteiger partial charge in [0.15, 0.2) is 17.5 Å². The summed E-state index contributed by atoms with van der Waals surface area (Å²) in [7, 11) is 0. The zero-order chi connectivity index (χ0) is 57.1. The molecule has 0 aliphatic heterocycles. The van der Waals surface area contributed by atoms with E-state index in [1.807, 2.05) is 60.7 Å². The molecule has 3 aromatic heterocycles. The first-order valence-electron chi connectivity index (χ1n) is 29.6. The van der Waals surface area contributed by atoms with E-state index in [1.54, 1.807) is 0 Å². The van der Waals surface area contributed by atoms with Crippen molar-refractivity contribution in [1.29, 1.82) is 0 Å². The fraction of sp³-hybridized carbons (Fsp3) is 0. The molecule has 0 saturated heterocycles. The highest BCUT2D eigenvalue weighted by atomic mass is 16.3. The Hall–Kier alpha value is -11.7. The van der Waals surface area contributed by atoms with Crippen molar-refractivity contribution >= 4 is 125 Å². The lowest BCUT2D eigenvalue weighted by molar-refractivity contribution is 0.670. The first kappa shape index (κ1) is 48.8. The Morgan fingerprint density at radius 2 is 0.770 bits per heavy atom. The van der Waals surface area contributed by atoms with Gasteiger partial charge < -0.3 is 13.9 Å². The molecule has 0 fully saturated rings. The van der Waals surface area contributed by atoms with Crippen molar-refractivity contribution in [3.63, 3.8) is 0 Å². The molecule has 0 spiro atoms. The average Bonchev–Trinajstić information content (AvgIpc) is 1.78. The zero-order valence-electron chi connectivity index (χ0n) is 46.9. The molecule has 6 nitrogen and oxygen atoms in total. The SMILES string of the molecule is c1ccc(-c2nc(-c3ccccc3)nc(-c3ccc(-n4c5ccc(-c6ccc(N(c7ccc8cc9ccccc9cc8c7)c7cccc8ccccc78)cc6)cc5c5c6c(ccc54)oc4cc5c7ccccc7c7ccccc7c5cc46)cc3)n2)cc1. The van der Waals surface area contributed by atoms with Crippen LogP contribution in [0.25, 0.3) is 159 Å². The number of benzene rings is 15. The molecule has 87 heavy (non-hydrogen) atoms. The van der Waals surface area contributed by atoms with Gasteiger partial charge in [0.1, 0.15) is 11.2 Å². The first-order chi connectivity index (χ1) is 43.1. The van der Waals surface area contributed by atoms with Crippen LogP contribution in [-0.2, 0) is 0 Å². The van der Waals surface area contributed by atoms with Gasteiger partial charge in [-0.3, -0.25) is 0 Å². The molecule has 404 valence electrons. The van der Waals surface area contributed by atoms with E-state index < -0.39 is 0 Å². The second-order valence-electron chi connectivity index (χ2n) is 22.7. The third-order valence-electron chi connectivity index (χ3n) is 17.7. The number of hydrogen-bond donors (Lipinski definition) is 0. The number of rotatable bonds is 8. The van der Waals surface area contributed by atoms with Crippen molar-refractivity contribution in [2.24, 2.45) is 0 Å². The van der Waals surface area contributed by atoms with Crippen molar-refractivity contribution < 1.29 is 4.42 Å². The quantitative estimate of drug-likeness (QED) is 0.112. The normalized spacial score (nSPS) is 11.9. The molecular formula is C81H49N5O. The highest BCUT2D eigenvalue weighted by Crippen LogP contribution is 2.47. The highest BCUT2D eigenvalue weighted by Gasteiger charge is 2.23. The summed E-state index contributed by atoms with van der Waals surface area (Å²) in [5.41, 5.74) is 13.2. The van der Waals surface area contributed by atoms with E-state index in [2.05, 4.69) is 246 Å². The van der Waals surface area contributed by atoms with Gasteiger partial charge >= 0.3 is 0 Å². The summed E-state index contributed by atoms with van der Waals surface area (Å²) in [5.74, 6) is 1.86. The van der Waals surface area contributed by atoms with Crippen molar-refractivity contribution in [3.8, 4) is 51.0 Å². The molecule has 0 unspecified atom stereocenters. The minimum absolute atomic E-state index is 0.609. The fourth-order valence-corrected chi connectivity index (χ4v) is 13.6. The second-order valence-corrected chi connectivity index (χ2v) is 22.7. The highest BCUT2D eigenvalue weighted by molar-refractivity contribution is 6.32. The molecule has 0 N–H and O–H groups in total. The Morgan fingerprint density at radius 1 is 0.264 bits per heavy atom. The molecule has 15 aromatic carbocycles. The van der Waals surface area contributed by atoms with E-state index >= 15 is 0 Å². The Kier molecular flexibility index (Phi) is 10.9. The molecule has 0 aliphatic rings. The van der Waals surface area contributed by atoms with Crippen LogP contribution in [0.5, 0.6) is 0 Å². The van der Waals surface area contributed by atoms with Crippen molar-refractivity contribution in [2.45, 2.75) is 0 Å². The van der Waals surface area contributed by atoms with Crippen molar-refractivity contribution in [2.75, 3.05) is 4.90 Å². The Bertz CT molecular complexity index is 5750. The van der Waals surface area contributed by atoms with Gasteiger partial charge in [-0.1, -0.05) is 194 Å². The fourth-order valence-electron chi connectivity index (χ4n) is 13.6. The standard InChI is InChI=1S/C81H49N5O/c1-3-17-52(18-4-1)79-82-80(53-19-5-2-6-20-53)84-81(83-79)54-32-38-61(39-33-54)86-73-41-35-58(47-70(73)77-74(86)42-43-75-78(77)71-48-68-66-27-13-11-25-64(66)65-26-12-14-28-67(65)69(68)49-76(71)87-75)50-30-36-60(37-31-50)85(72-29-15-23-51-16-9-10-24-63(51)72)62-40-34-57-44-55-21-7-8-22-56(55)45-59(57)46-62/h1-49H. The van der Waals surface area contributed by atoms with Gasteiger partial charge in [-0.15, -0.1) is 0 Å². The van der Waals surface area contributed by atoms with Crippen LogP contribution in [-0.4, -0.2) is 19.5 Å². The largest absolute Gasteiger partial charge is 0.456 e. The first-order valence-corrected chi connectivity index (χ1v) is 29.6. The van der Waals surface area contributed by atoms with Gasteiger partial charge in [-0.05, 0) is 174 Å². The van der Waals surface area contributed by atoms with Crippen LogP contribution < -0.4 is 4.90 Å². The summed E-state index contributed by atoms with van der Waals surface area (Å²) in [6.45, 7) is 0. The molecule has 0 amide bonds. The summed E-state index contributed by atoms with van der Waals surface area (Å²) in [5, 5.41) is 19.0. The predicted molar refractivity (Wildman–Crippen MR) is 363 cm³/mol. The van der Waals surface area contributed by atoms with Gasteiger partial charge in [0.2, 0.25) is 0 Å². The molecule has 6 heteroatoms. The van der Waals surface area contributed by atoms with E-state index in [0.717, 1.165) is 94.3 Å². The number of fused-ring (bicyclic) bond motifs is 16. The Labute approximate surface area is 499 Å². The number of furan rings is 1. The molecular weight excluding hydrogens is 1060 g/mol. The summed E-state index contributed by atoms with van der Waals surface area (Å²) in [6.07, 6.45) is 0. The van der Waals surface area contributed by atoms with Crippen LogP contribution >= 0.6 is 0 Å². The topological polar surface area (TPSA) is 60.0 Å². The van der Waals surface area contributed by atoms with Crippen LogP contribution in [0.2, 0.25) is 0 Å². The summed E-state index contributed by atoms with van der Waals surface area (Å²) >= 11 is 0. The molecule has 18 rings (SSSR count). The number of nitrogens with zero attached hydrogens (tertiary/aromatic N) is 5. The van der Waals surface area contributed by atoms with Gasteiger partial charge in [0, 0.05) is 60.7 Å². The lowest BCUT2D eigenvalue weighted by atomic mass is 9.93. The van der Waals surface area contributed by atoms with E-state index in [0.29, 0.717) is 17.5 Å². The summed E-state index contributed by atoms with van der Waals surface area (Å²) in [4.78, 5) is 17.5. The van der Waals surface area contributed by atoms with Gasteiger partial charge in [-0.2, -0.15) is 0 Å². The molecule has 0 aliphatic carbocycles. The van der Waals surface area contributed by atoms with Crippen molar-refractivity contribution in [1.82, 2.24) is 19.5 Å². The van der Waals surface area contributed by atoms with Crippen LogP contribution in [0.15, 0.2) is 302 Å². The molecule has 3 heterocycles. The number of anilines is 3. The maximum absolute atomic E-state index is 7.00. The Balaban J connectivity index is 0.820. The predicted octanol–water partition coefficient (Wildman–Crippen LogP) is 21.9. The monoisotopic (exact) mass is 1110 g/mol. The molecule has 0 bridgehead atoms. The maximum Gasteiger partial charge on any atom is 0.164 e. The average molecular weight is 1110 g/mol. The van der Waals surface area contributed by atoms with Crippen LogP contribution in [0.4, 0.5) is 17.1 Å². The summed E-state index contributed by atoms with van der Waals surface area (Å²) in [6, 6.07) is 107. The number of hydrogen-bond acceptors (Lipinski definition) is 5. The molecule has 0 radical (unpaired) electrons. The summed E-state index contributed by atoms with van der Waals surface area (Å²) < 4.78 is 9.40. The zero-order valence-corrected chi connectivity index (χ0v) is 46.9. The van der Waals surface area contributed by atoms with E-state index in [4.69, 9.17) is 19.4 Å². The number of aromatic nitrogens is 4. The van der Waals surface area contributed by atoms with E-state index in [-0.39, 0.29) is 0 Å². The second kappa shape index (κ2) is 19.4. The minimum atomic E-state index is 0.609. The van der Waals surface area contributed by atoms with Crippen molar-refractivity contribution in [3.05, 3.63) is 297 Å². The van der Waals surface area contributed by atoms with Gasteiger partial charge in [0.25, 0.3) is 0 Å². The van der Waals surface area contributed by atoms with E-state index in [1.165, 1.54) is 64.6 Å².